The van der Waals surface area contributed by atoms with Gasteiger partial charge in [-0.15, -0.1) is 0 Å². The molecule has 0 saturated carbocycles. The Kier molecular flexibility index (Phi) is 4.23. The summed E-state index contributed by atoms with van der Waals surface area (Å²) < 4.78 is 66.2. The molecule has 1 aliphatic heterocycles. The second-order valence-electron chi connectivity index (χ2n) is 5.54. The molecule has 6 nitrogen and oxygen atoms in total. The molecule has 1 amide bonds. The standard InChI is InChI=1S/C15H14F3N3O3S/c16-15(17,18)10-2-4-11(5-3-10)20-25(23,24)12-8-13-14(22)19-6-1-7-21(13)9-12/h2-5,8-9,20H,1,6-7H2,(H,19,22). The number of hydrogen-bond donors (Lipinski definition) is 2. The summed E-state index contributed by atoms with van der Waals surface area (Å²) in [7, 11) is -4.02. The molecule has 2 heterocycles. The van der Waals surface area contributed by atoms with E-state index in [1.807, 2.05) is 0 Å². The van der Waals surface area contributed by atoms with Gasteiger partial charge in [0.1, 0.15) is 10.6 Å². The fraction of sp³-hybridized carbons (Fsp3) is 0.267. The van der Waals surface area contributed by atoms with E-state index in [4.69, 9.17) is 0 Å². The molecule has 1 aromatic carbocycles. The Morgan fingerprint density at radius 2 is 1.84 bits per heavy atom. The summed E-state index contributed by atoms with van der Waals surface area (Å²) in [6.45, 7) is 0.996. The van der Waals surface area contributed by atoms with E-state index in [1.54, 1.807) is 4.57 Å². The maximum atomic E-state index is 12.5. The molecule has 134 valence electrons. The van der Waals surface area contributed by atoms with Crippen LogP contribution >= 0.6 is 0 Å². The van der Waals surface area contributed by atoms with E-state index in [9.17, 15) is 26.4 Å². The third kappa shape index (κ3) is 3.63. The summed E-state index contributed by atoms with van der Waals surface area (Å²) in [5.74, 6) is -0.367. The number of sulfonamides is 1. The fourth-order valence-corrected chi connectivity index (χ4v) is 3.59. The predicted molar refractivity (Wildman–Crippen MR) is 83.6 cm³/mol. The zero-order valence-electron chi connectivity index (χ0n) is 12.8. The summed E-state index contributed by atoms with van der Waals surface area (Å²) in [5.41, 5.74) is -0.646. The second kappa shape index (κ2) is 6.10. The first-order chi connectivity index (χ1) is 11.7. The lowest BCUT2D eigenvalue weighted by Gasteiger charge is -2.09. The third-order valence-electron chi connectivity index (χ3n) is 3.74. The monoisotopic (exact) mass is 373 g/mol. The summed E-state index contributed by atoms with van der Waals surface area (Å²) in [6.07, 6.45) is -2.49. The smallest absolute Gasteiger partial charge is 0.351 e. The zero-order valence-corrected chi connectivity index (χ0v) is 13.6. The molecule has 0 unspecified atom stereocenters. The number of fused-ring (bicyclic) bond motifs is 1. The summed E-state index contributed by atoms with van der Waals surface area (Å²) in [5, 5.41) is 2.65. The van der Waals surface area contributed by atoms with Gasteiger partial charge in [-0.25, -0.2) is 8.42 Å². The molecule has 2 N–H and O–H groups in total. The van der Waals surface area contributed by atoms with Crippen LogP contribution in [0.4, 0.5) is 18.9 Å². The van der Waals surface area contributed by atoms with Gasteiger partial charge in [-0.1, -0.05) is 0 Å². The van der Waals surface area contributed by atoms with Crippen LogP contribution in [-0.2, 0) is 22.7 Å². The van der Waals surface area contributed by atoms with Gasteiger partial charge in [-0.2, -0.15) is 13.2 Å². The van der Waals surface area contributed by atoms with Crippen LogP contribution in [0.5, 0.6) is 0 Å². The highest BCUT2D eigenvalue weighted by atomic mass is 32.2. The van der Waals surface area contributed by atoms with Gasteiger partial charge in [0.2, 0.25) is 0 Å². The van der Waals surface area contributed by atoms with E-state index in [1.165, 1.54) is 12.3 Å². The molecule has 0 saturated heterocycles. The predicted octanol–water partition coefficient (Wildman–Crippen LogP) is 2.44. The van der Waals surface area contributed by atoms with E-state index >= 15 is 0 Å². The number of amides is 1. The first-order valence-corrected chi connectivity index (χ1v) is 8.83. The van der Waals surface area contributed by atoms with Crippen LogP contribution in [-0.4, -0.2) is 25.4 Å². The average Bonchev–Trinajstić information content (AvgIpc) is 2.89. The third-order valence-corrected chi connectivity index (χ3v) is 5.09. The number of nitrogens with zero attached hydrogens (tertiary/aromatic N) is 1. The fourth-order valence-electron chi connectivity index (χ4n) is 2.49. The Morgan fingerprint density at radius 1 is 1.16 bits per heavy atom. The van der Waals surface area contributed by atoms with Crippen LogP contribution in [0, 0.1) is 0 Å². The molecule has 0 spiro atoms. The van der Waals surface area contributed by atoms with Crippen LogP contribution in [0.1, 0.15) is 22.5 Å². The van der Waals surface area contributed by atoms with Crippen LogP contribution in [0.2, 0.25) is 0 Å². The summed E-state index contributed by atoms with van der Waals surface area (Å²) in [6, 6.07) is 4.90. The number of nitrogens with one attached hydrogen (secondary N) is 2. The van der Waals surface area contributed by atoms with Crippen molar-refractivity contribution < 1.29 is 26.4 Å². The maximum absolute atomic E-state index is 12.5. The van der Waals surface area contributed by atoms with Crippen molar-refractivity contribution >= 4 is 21.6 Å². The van der Waals surface area contributed by atoms with E-state index < -0.39 is 21.8 Å². The Hall–Kier alpha value is -2.49. The van der Waals surface area contributed by atoms with Gasteiger partial charge in [-0.3, -0.25) is 9.52 Å². The van der Waals surface area contributed by atoms with E-state index in [-0.39, 0.29) is 22.2 Å². The van der Waals surface area contributed by atoms with Crippen LogP contribution in [0.15, 0.2) is 41.4 Å². The topological polar surface area (TPSA) is 80.2 Å². The van der Waals surface area contributed by atoms with Gasteiger partial charge in [0.25, 0.3) is 15.9 Å². The van der Waals surface area contributed by atoms with Gasteiger partial charge < -0.3 is 9.88 Å². The number of aryl methyl sites for hydroxylation is 1. The first-order valence-electron chi connectivity index (χ1n) is 7.35. The molecule has 3 rings (SSSR count). The Bertz CT molecular complexity index is 902. The highest BCUT2D eigenvalue weighted by molar-refractivity contribution is 7.92. The minimum Gasteiger partial charge on any atom is -0.351 e. The molecule has 0 atom stereocenters. The highest BCUT2D eigenvalue weighted by Crippen LogP contribution is 2.30. The summed E-state index contributed by atoms with van der Waals surface area (Å²) >= 11 is 0. The number of halogens is 3. The van der Waals surface area contributed by atoms with E-state index in [0.717, 1.165) is 24.3 Å². The van der Waals surface area contributed by atoms with E-state index in [0.29, 0.717) is 19.5 Å². The van der Waals surface area contributed by atoms with Crippen molar-refractivity contribution in [3.05, 3.63) is 47.8 Å². The molecule has 0 aliphatic carbocycles. The van der Waals surface area contributed by atoms with Crippen molar-refractivity contribution in [2.24, 2.45) is 0 Å². The van der Waals surface area contributed by atoms with Gasteiger partial charge >= 0.3 is 6.18 Å². The van der Waals surface area contributed by atoms with Gasteiger partial charge in [0.05, 0.1) is 5.56 Å². The maximum Gasteiger partial charge on any atom is 0.416 e. The quantitative estimate of drug-likeness (QED) is 0.867. The molecule has 0 fully saturated rings. The lowest BCUT2D eigenvalue weighted by molar-refractivity contribution is -0.137. The van der Waals surface area contributed by atoms with Gasteiger partial charge in [-0.05, 0) is 36.8 Å². The molecule has 1 aromatic heterocycles. The number of carbonyl (C=O) groups excluding carboxylic acids is 1. The molecule has 25 heavy (non-hydrogen) atoms. The number of aromatic nitrogens is 1. The van der Waals surface area contributed by atoms with Crippen LogP contribution in [0.3, 0.4) is 0 Å². The molecule has 0 radical (unpaired) electrons. The minimum atomic E-state index is -4.50. The average molecular weight is 373 g/mol. The van der Waals surface area contributed by atoms with Crippen LogP contribution in [0.25, 0.3) is 0 Å². The number of hydrogen-bond acceptors (Lipinski definition) is 3. The zero-order chi connectivity index (χ0) is 18.2. The van der Waals surface area contributed by atoms with Crippen molar-refractivity contribution in [3.8, 4) is 0 Å². The number of alkyl halides is 3. The largest absolute Gasteiger partial charge is 0.416 e. The number of benzene rings is 1. The normalized spacial score (nSPS) is 15.2. The lowest BCUT2D eigenvalue weighted by Crippen LogP contribution is -2.22. The second-order valence-corrected chi connectivity index (χ2v) is 7.23. The molecule has 2 aromatic rings. The Morgan fingerprint density at radius 3 is 2.48 bits per heavy atom. The first kappa shape index (κ1) is 17.3. The van der Waals surface area contributed by atoms with Gasteiger partial charge in [0, 0.05) is 25.0 Å². The number of rotatable bonds is 3. The van der Waals surface area contributed by atoms with Crippen molar-refractivity contribution in [2.45, 2.75) is 24.0 Å². The minimum absolute atomic E-state index is 0.00107. The van der Waals surface area contributed by atoms with Gasteiger partial charge in [0.15, 0.2) is 0 Å². The molecular formula is C15H14F3N3O3S. The molecule has 0 bridgehead atoms. The summed E-state index contributed by atoms with van der Waals surface area (Å²) in [4.78, 5) is 11.8. The van der Waals surface area contributed by atoms with Crippen molar-refractivity contribution in [3.63, 3.8) is 0 Å². The SMILES string of the molecule is O=C1NCCCn2cc(S(=O)(=O)Nc3ccc(C(F)(F)F)cc3)cc21. The van der Waals surface area contributed by atoms with Crippen molar-refractivity contribution in [1.82, 2.24) is 9.88 Å². The van der Waals surface area contributed by atoms with E-state index in [2.05, 4.69) is 10.0 Å². The molecule has 1 aliphatic rings. The Balaban J connectivity index is 1.85. The number of anilines is 1. The number of carbonyl (C=O) groups is 1. The van der Waals surface area contributed by atoms with Crippen LogP contribution < -0.4 is 10.0 Å². The highest BCUT2D eigenvalue weighted by Gasteiger charge is 2.30. The van der Waals surface area contributed by atoms with Crippen molar-refractivity contribution in [1.29, 1.82) is 0 Å². The lowest BCUT2D eigenvalue weighted by atomic mass is 10.2. The molecular weight excluding hydrogens is 359 g/mol. The molecule has 10 heteroatoms. The van der Waals surface area contributed by atoms with Crippen molar-refractivity contribution in [2.75, 3.05) is 11.3 Å². The Labute approximate surface area is 141 Å².